The molecule has 4 nitrogen and oxygen atoms in total. The van der Waals surface area contributed by atoms with Crippen LogP contribution in [0.2, 0.25) is 0 Å². The highest BCUT2D eigenvalue weighted by Crippen LogP contribution is 2.46. The normalized spacial score (nSPS) is 30.5. The Morgan fingerprint density at radius 3 is 2.39 bits per heavy atom. The van der Waals surface area contributed by atoms with E-state index in [-0.39, 0.29) is 17.8 Å². The second-order valence-corrected chi connectivity index (χ2v) is 9.20. The van der Waals surface area contributed by atoms with Gasteiger partial charge in [-0.3, -0.25) is 9.69 Å². The van der Waals surface area contributed by atoms with Crippen molar-refractivity contribution in [3.63, 3.8) is 0 Å². The van der Waals surface area contributed by atoms with Gasteiger partial charge in [-0.1, -0.05) is 48.0 Å². The Kier molecular flexibility index (Phi) is 5.38. The average molecular weight is 413 g/mol. The molecule has 0 aromatic heterocycles. The Morgan fingerprint density at radius 1 is 1.03 bits per heavy atom. The van der Waals surface area contributed by atoms with Gasteiger partial charge in [-0.25, -0.2) is 0 Å². The first kappa shape index (κ1) is 20.0. The number of benzene rings is 2. The van der Waals surface area contributed by atoms with Gasteiger partial charge >= 0.3 is 5.97 Å². The van der Waals surface area contributed by atoms with Crippen LogP contribution in [0.1, 0.15) is 36.8 Å². The fourth-order valence-electron chi connectivity index (χ4n) is 5.94. The van der Waals surface area contributed by atoms with E-state index in [0.717, 1.165) is 43.0 Å². The van der Waals surface area contributed by atoms with E-state index in [9.17, 15) is 4.79 Å². The maximum atomic E-state index is 12.8. The number of fused-ring (bicyclic) bond motifs is 2. The molecule has 4 bridgehead atoms. The summed E-state index contributed by atoms with van der Waals surface area (Å²) in [5.74, 6) is 0.992. The standard InChI is InChI=1S/C27H28N2O2/c1-31-27(30)26-24-12-6-20-7-13-25(26)29(16-20)17-23(24)14-18-2-8-21(9-3-18)22-10-4-19(15-28)5-11-22/h2-5,8-11,14,20,24-26H,6-7,12-13,16-17H2,1H3/b23-14+. The topological polar surface area (TPSA) is 53.3 Å². The van der Waals surface area contributed by atoms with E-state index in [0.29, 0.717) is 11.6 Å². The van der Waals surface area contributed by atoms with Crippen LogP contribution < -0.4 is 0 Å². The predicted molar refractivity (Wildman–Crippen MR) is 121 cm³/mol. The molecule has 5 unspecified atom stereocenters. The minimum absolute atomic E-state index is 0.0378. The number of hydrogen-bond acceptors (Lipinski definition) is 4. The number of carbonyl (C=O) groups is 1. The summed E-state index contributed by atoms with van der Waals surface area (Å²) in [7, 11) is 1.53. The third-order valence-corrected chi connectivity index (χ3v) is 7.51. The quantitative estimate of drug-likeness (QED) is 0.673. The lowest BCUT2D eigenvalue weighted by atomic mass is 9.66. The van der Waals surface area contributed by atoms with Crippen LogP contribution in [0.3, 0.4) is 0 Å². The lowest BCUT2D eigenvalue weighted by Crippen LogP contribution is -2.58. The van der Waals surface area contributed by atoms with Crippen molar-refractivity contribution in [2.24, 2.45) is 17.8 Å². The molecule has 31 heavy (non-hydrogen) atoms. The Balaban J connectivity index is 1.43. The van der Waals surface area contributed by atoms with E-state index in [4.69, 9.17) is 10.00 Å². The number of ether oxygens (including phenoxy) is 1. The average Bonchev–Trinajstić information content (AvgIpc) is 2.80. The second kappa shape index (κ2) is 8.32. The van der Waals surface area contributed by atoms with Gasteiger partial charge in [0.25, 0.3) is 0 Å². The first-order valence-corrected chi connectivity index (χ1v) is 11.3. The van der Waals surface area contributed by atoms with Crippen molar-refractivity contribution in [2.75, 3.05) is 20.2 Å². The summed E-state index contributed by atoms with van der Waals surface area (Å²) in [6.45, 7) is 2.08. The van der Waals surface area contributed by atoms with Gasteiger partial charge in [0.1, 0.15) is 0 Å². The third kappa shape index (κ3) is 3.79. The van der Waals surface area contributed by atoms with Crippen molar-refractivity contribution in [1.29, 1.82) is 5.26 Å². The van der Waals surface area contributed by atoms with Crippen molar-refractivity contribution in [2.45, 2.75) is 31.7 Å². The molecule has 5 aliphatic rings. The molecule has 1 aliphatic carbocycles. The molecule has 2 aromatic carbocycles. The molecule has 4 heteroatoms. The molecule has 4 heterocycles. The van der Waals surface area contributed by atoms with E-state index < -0.39 is 0 Å². The van der Waals surface area contributed by atoms with Crippen LogP contribution in [-0.4, -0.2) is 37.1 Å². The minimum Gasteiger partial charge on any atom is -0.469 e. The van der Waals surface area contributed by atoms with Gasteiger partial charge < -0.3 is 4.74 Å². The summed E-state index contributed by atoms with van der Waals surface area (Å²) in [5, 5.41) is 8.99. The summed E-state index contributed by atoms with van der Waals surface area (Å²) in [6, 6.07) is 18.8. The SMILES string of the molecule is COC(=O)C1C2CCC3CCC1N(C/C2=C\c1ccc(-c2ccc(C#N)cc2)cc1)C3. The molecule has 4 saturated heterocycles. The molecule has 1 saturated carbocycles. The number of methoxy groups -OCH3 is 1. The van der Waals surface area contributed by atoms with Gasteiger partial charge in [0, 0.05) is 19.1 Å². The van der Waals surface area contributed by atoms with E-state index in [2.05, 4.69) is 41.3 Å². The molecule has 5 fully saturated rings. The van der Waals surface area contributed by atoms with Gasteiger partial charge in [-0.05, 0) is 66.3 Å². The lowest BCUT2D eigenvalue weighted by molar-refractivity contribution is -0.154. The number of nitrogens with zero attached hydrogens (tertiary/aromatic N) is 2. The first-order chi connectivity index (χ1) is 15.2. The molecule has 0 spiro atoms. The van der Waals surface area contributed by atoms with E-state index in [1.807, 2.05) is 24.3 Å². The van der Waals surface area contributed by atoms with Crippen molar-refractivity contribution in [3.05, 3.63) is 65.2 Å². The Morgan fingerprint density at radius 2 is 1.71 bits per heavy atom. The molecule has 5 atom stereocenters. The molecular formula is C27H28N2O2. The van der Waals surface area contributed by atoms with Crippen LogP contribution in [0.25, 0.3) is 17.2 Å². The van der Waals surface area contributed by atoms with Crippen LogP contribution >= 0.6 is 0 Å². The van der Waals surface area contributed by atoms with E-state index >= 15 is 0 Å². The smallest absolute Gasteiger partial charge is 0.310 e. The lowest BCUT2D eigenvalue weighted by Gasteiger charge is -2.52. The van der Waals surface area contributed by atoms with Gasteiger partial charge in [-0.15, -0.1) is 0 Å². The highest BCUT2D eigenvalue weighted by atomic mass is 16.5. The molecule has 158 valence electrons. The number of hydrogen-bond donors (Lipinski definition) is 0. The zero-order valence-corrected chi connectivity index (χ0v) is 18.0. The monoisotopic (exact) mass is 412 g/mol. The fourth-order valence-corrected chi connectivity index (χ4v) is 5.94. The van der Waals surface area contributed by atoms with Gasteiger partial charge in [0.15, 0.2) is 0 Å². The maximum Gasteiger partial charge on any atom is 0.310 e. The highest BCUT2D eigenvalue weighted by Gasteiger charge is 2.49. The maximum absolute atomic E-state index is 12.8. The molecule has 4 aliphatic heterocycles. The van der Waals surface area contributed by atoms with Crippen LogP contribution in [0, 0.1) is 29.1 Å². The van der Waals surface area contributed by atoms with Crippen LogP contribution in [-0.2, 0) is 9.53 Å². The van der Waals surface area contributed by atoms with E-state index in [1.54, 1.807) is 0 Å². The summed E-state index contributed by atoms with van der Waals surface area (Å²) >= 11 is 0. The third-order valence-electron chi connectivity index (χ3n) is 7.51. The number of esters is 1. The summed E-state index contributed by atoms with van der Waals surface area (Å²) in [5.41, 5.74) is 5.47. The second-order valence-electron chi connectivity index (χ2n) is 9.20. The Hall–Kier alpha value is -2.90. The van der Waals surface area contributed by atoms with Gasteiger partial charge in [-0.2, -0.15) is 5.26 Å². The zero-order valence-electron chi connectivity index (χ0n) is 18.0. The van der Waals surface area contributed by atoms with Crippen molar-refractivity contribution < 1.29 is 9.53 Å². The molecular weight excluding hydrogens is 384 g/mol. The fraction of sp³-hybridized carbons (Fsp3) is 0.407. The molecule has 2 aromatic rings. The van der Waals surface area contributed by atoms with E-state index in [1.165, 1.54) is 31.1 Å². The van der Waals surface area contributed by atoms with Crippen LogP contribution in [0.5, 0.6) is 0 Å². The molecule has 0 amide bonds. The van der Waals surface area contributed by atoms with Gasteiger partial charge in [0.2, 0.25) is 0 Å². The first-order valence-electron chi connectivity index (χ1n) is 11.3. The summed E-state index contributed by atoms with van der Waals surface area (Å²) < 4.78 is 5.25. The molecule has 7 rings (SSSR count). The van der Waals surface area contributed by atoms with Crippen LogP contribution in [0.15, 0.2) is 54.1 Å². The number of nitriles is 1. The molecule has 0 radical (unpaired) electrons. The number of carbonyl (C=O) groups excluding carboxylic acids is 1. The number of rotatable bonds is 3. The van der Waals surface area contributed by atoms with Crippen molar-refractivity contribution in [1.82, 2.24) is 4.90 Å². The largest absolute Gasteiger partial charge is 0.469 e. The van der Waals surface area contributed by atoms with Gasteiger partial charge in [0.05, 0.1) is 24.7 Å². The molecule has 0 N–H and O–H groups in total. The minimum atomic E-state index is -0.0397. The van der Waals surface area contributed by atoms with Crippen molar-refractivity contribution >= 4 is 12.0 Å². The van der Waals surface area contributed by atoms with Crippen molar-refractivity contribution in [3.8, 4) is 17.2 Å². The summed E-state index contributed by atoms with van der Waals surface area (Å²) in [6.07, 6.45) is 6.96. The van der Waals surface area contributed by atoms with Crippen LogP contribution in [0.4, 0.5) is 0 Å². The predicted octanol–water partition coefficient (Wildman–Crippen LogP) is 4.90. The zero-order chi connectivity index (χ0) is 21.4. The summed E-state index contributed by atoms with van der Waals surface area (Å²) in [4.78, 5) is 15.3. The number of piperidine rings is 2. The highest BCUT2D eigenvalue weighted by molar-refractivity contribution is 5.75. The Labute approximate surface area is 184 Å². The Bertz CT molecular complexity index is 1030.